The first-order valence-electron chi connectivity index (χ1n) is 13.1. The molecule has 0 radical (unpaired) electrons. The molecule has 0 aliphatic heterocycles. The maximum atomic E-state index is 13.2. The van der Waals surface area contributed by atoms with Crippen LogP contribution in [0.2, 0.25) is 0 Å². The standard InChI is InChI=1S/C29H28N6O3S/c1-17-9-14-22-23(16-17)39-29(31-22)30-20-12-10-19(11-13-20)25-33-34-26-21(8-5-15-35(25)26)27(36)32-24(28(37)38)18-6-3-2-4-7-18/h5,8-16,18,24H,2-4,6-7H2,1H3,(H,30,31)(H,32,36)(H,37,38)/t24-/m0/s1. The summed E-state index contributed by atoms with van der Waals surface area (Å²) in [5.41, 5.74) is 4.57. The van der Waals surface area contributed by atoms with Gasteiger partial charge in [-0.05, 0) is 79.8 Å². The molecule has 1 aliphatic rings. The average molecular weight is 541 g/mol. The number of thiazole rings is 1. The molecule has 6 rings (SSSR count). The summed E-state index contributed by atoms with van der Waals surface area (Å²) in [4.78, 5) is 29.8. The number of carbonyl (C=O) groups is 2. The summed E-state index contributed by atoms with van der Waals surface area (Å²) in [6.45, 7) is 2.07. The van der Waals surface area contributed by atoms with Gasteiger partial charge >= 0.3 is 5.97 Å². The van der Waals surface area contributed by atoms with Gasteiger partial charge in [-0.25, -0.2) is 9.78 Å². The third-order valence-corrected chi connectivity index (χ3v) is 8.23. The zero-order valence-corrected chi connectivity index (χ0v) is 22.2. The summed E-state index contributed by atoms with van der Waals surface area (Å²) in [6.07, 6.45) is 6.49. The lowest BCUT2D eigenvalue weighted by Gasteiger charge is -2.28. The number of nitrogens with zero attached hydrogens (tertiary/aromatic N) is 4. The van der Waals surface area contributed by atoms with E-state index in [1.54, 1.807) is 34.1 Å². The van der Waals surface area contributed by atoms with Crippen molar-refractivity contribution in [3.63, 3.8) is 0 Å². The van der Waals surface area contributed by atoms with Crippen molar-refractivity contribution >= 4 is 49.9 Å². The number of aryl methyl sites for hydroxylation is 1. The molecule has 1 fully saturated rings. The molecule has 1 amide bonds. The normalized spacial score (nSPS) is 14.9. The summed E-state index contributed by atoms with van der Waals surface area (Å²) in [7, 11) is 0. The van der Waals surface area contributed by atoms with Gasteiger partial charge in [0.2, 0.25) is 0 Å². The van der Waals surface area contributed by atoms with Gasteiger partial charge in [0.15, 0.2) is 16.6 Å². The number of rotatable bonds is 7. The Kier molecular flexibility index (Phi) is 6.70. The summed E-state index contributed by atoms with van der Waals surface area (Å²) >= 11 is 1.61. The second-order valence-corrected chi connectivity index (χ2v) is 11.0. The molecule has 0 unspecified atom stereocenters. The Morgan fingerprint density at radius 2 is 1.85 bits per heavy atom. The molecule has 3 N–H and O–H groups in total. The van der Waals surface area contributed by atoms with E-state index in [-0.39, 0.29) is 5.92 Å². The Morgan fingerprint density at radius 1 is 1.05 bits per heavy atom. The van der Waals surface area contributed by atoms with Gasteiger partial charge in [0.1, 0.15) is 6.04 Å². The molecule has 2 aromatic carbocycles. The molecule has 39 heavy (non-hydrogen) atoms. The smallest absolute Gasteiger partial charge is 0.326 e. The van der Waals surface area contributed by atoms with E-state index >= 15 is 0 Å². The number of carbonyl (C=O) groups excluding carboxylic acids is 1. The van der Waals surface area contributed by atoms with Crippen LogP contribution in [-0.4, -0.2) is 42.6 Å². The highest BCUT2D eigenvalue weighted by molar-refractivity contribution is 7.22. The van der Waals surface area contributed by atoms with Crippen molar-refractivity contribution in [3.05, 3.63) is 71.9 Å². The van der Waals surface area contributed by atoms with E-state index in [2.05, 4.69) is 44.9 Å². The lowest BCUT2D eigenvalue weighted by atomic mass is 9.84. The van der Waals surface area contributed by atoms with Crippen molar-refractivity contribution in [3.8, 4) is 11.4 Å². The van der Waals surface area contributed by atoms with Crippen LogP contribution < -0.4 is 10.6 Å². The minimum atomic E-state index is -1.00. The monoisotopic (exact) mass is 540 g/mol. The molecule has 1 saturated carbocycles. The van der Waals surface area contributed by atoms with Crippen LogP contribution >= 0.6 is 11.3 Å². The van der Waals surface area contributed by atoms with Gasteiger partial charge in [-0.1, -0.05) is 36.7 Å². The van der Waals surface area contributed by atoms with Crippen LogP contribution in [0.15, 0.2) is 60.8 Å². The zero-order valence-electron chi connectivity index (χ0n) is 21.4. The third kappa shape index (κ3) is 5.07. The number of amides is 1. The van der Waals surface area contributed by atoms with Crippen LogP contribution in [0.4, 0.5) is 10.8 Å². The topological polar surface area (TPSA) is 122 Å². The highest BCUT2D eigenvalue weighted by atomic mass is 32.1. The van der Waals surface area contributed by atoms with Crippen LogP contribution in [0.25, 0.3) is 27.3 Å². The molecule has 198 valence electrons. The molecule has 1 aliphatic carbocycles. The largest absolute Gasteiger partial charge is 0.480 e. The summed E-state index contributed by atoms with van der Waals surface area (Å²) in [5, 5.41) is 25.4. The number of carboxylic acids is 1. The van der Waals surface area contributed by atoms with Crippen molar-refractivity contribution in [2.75, 3.05) is 5.32 Å². The second kappa shape index (κ2) is 10.5. The number of pyridine rings is 1. The van der Waals surface area contributed by atoms with E-state index < -0.39 is 17.9 Å². The lowest BCUT2D eigenvalue weighted by Crippen LogP contribution is -2.46. The van der Waals surface area contributed by atoms with Gasteiger partial charge in [0.25, 0.3) is 5.91 Å². The van der Waals surface area contributed by atoms with E-state index in [1.807, 2.05) is 30.3 Å². The number of hydrogen-bond donors (Lipinski definition) is 3. The Morgan fingerprint density at radius 3 is 2.62 bits per heavy atom. The number of benzene rings is 2. The zero-order chi connectivity index (χ0) is 26.9. The highest BCUT2D eigenvalue weighted by Crippen LogP contribution is 2.30. The molecule has 0 spiro atoms. The predicted octanol–water partition coefficient (Wildman–Crippen LogP) is 5.82. The lowest BCUT2D eigenvalue weighted by molar-refractivity contribution is -0.141. The number of nitrogens with one attached hydrogen (secondary N) is 2. The molecule has 0 saturated heterocycles. The van der Waals surface area contributed by atoms with Crippen molar-refractivity contribution in [2.24, 2.45) is 5.92 Å². The van der Waals surface area contributed by atoms with Gasteiger partial charge in [0, 0.05) is 17.4 Å². The van der Waals surface area contributed by atoms with Crippen LogP contribution in [0.1, 0.15) is 48.0 Å². The highest BCUT2D eigenvalue weighted by Gasteiger charge is 2.31. The first kappa shape index (κ1) is 25.0. The Bertz CT molecular complexity index is 1670. The molecular formula is C29H28N6O3S. The maximum absolute atomic E-state index is 13.2. The van der Waals surface area contributed by atoms with Crippen LogP contribution in [-0.2, 0) is 4.79 Å². The van der Waals surface area contributed by atoms with Crippen molar-refractivity contribution in [1.82, 2.24) is 24.9 Å². The first-order valence-corrected chi connectivity index (χ1v) is 13.9. The fourth-order valence-corrected chi connectivity index (χ4v) is 6.25. The molecule has 3 aromatic heterocycles. The quantitative estimate of drug-likeness (QED) is 0.238. The van der Waals surface area contributed by atoms with E-state index in [0.717, 1.165) is 58.7 Å². The second-order valence-electron chi connectivity index (χ2n) is 10.0. The minimum Gasteiger partial charge on any atom is -0.480 e. The molecule has 10 heteroatoms. The van der Waals surface area contributed by atoms with Crippen LogP contribution in [0.5, 0.6) is 0 Å². The van der Waals surface area contributed by atoms with Gasteiger partial charge in [0.05, 0.1) is 15.8 Å². The SMILES string of the molecule is Cc1ccc2nc(Nc3ccc(-c4nnc5c(C(=O)N[C@H](C(=O)O)C6CCCCC6)cccn45)cc3)sc2c1. The molecule has 9 nitrogen and oxygen atoms in total. The number of fused-ring (bicyclic) bond motifs is 2. The first-order chi connectivity index (χ1) is 19.0. The summed E-state index contributed by atoms with van der Waals surface area (Å²) in [5.74, 6) is -0.932. The van der Waals surface area contributed by atoms with Crippen molar-refractivity contribution in [1.29, 1.82) is 0 Å². The van der Waals surface area contributed by atoms with Crippen LogP contribution in [0.3, 0.4) is 0 Å². The Hall–Kier alpha value is -4.31. The van der Waals surface area contributed by atoms with E-state index in [1.165, 1.54) is 5.56 Å². The molecule has 5 aromatic rings. The van der Waals surface area contributed by atoms with Gasteiger partial charge in [-0.3, -0.25) is 9.20 Å². The van der Waals surface area contributed by atoms with E-state index in [0.29, 0.717) is 17.0 Å². The fourth-order valence-electron chi connectivity index (χ4n) is 5.27. The Labute approximate surface area is 228 Å². The number of hydrogen-bond acceptors (Lipinski definition) is 7. The maximum Gasteiger partial charge on any atom is 0.326 e. The summed E-state index contributed by atoms with van der Waals surface area (Å²) < 4.78 is 2.89. The number of aromatic nitrogens is 4. The van der Waals surface area contributed by atoms with Crippen molar-refractivity contribution < 1.29 is 14.7 Å². The fraction of sp³-hybridized carbons (Fsp3) is 0.276. The van der Waals surface area contributed by atoms with Gasteiger partial charge in [-0.2, -0.15) is 0 Å². The van der Waals surface area contributed by atoms with Crippen molar-refractivity contribution in [2.45, 2.75) is 45.1 Å². The molecule has 1 atom stereocenters. The predicted molar refractivity (Wildman–Crippen MR) is 152 cm³/mol. The van der Waals surface area contributed by atoms with E-state index in [9.17, 15) is 14.7 Å². The third-order valence-electron chi connectivity index (χ3n) is 7.29. The van der Waals surface area contributed by atoms with Gasteiger partial charge in [-0.15, -0.1) is 10.2 Å². The minimum absolute atomic E-state index is 0.0626. The van der Waals surface area contributed by atoms with Crippen LogP contribution in [0, 0.1) is 12.8 Å². The summed E-state index contributed by atoms with van der Waals surface area (Å²) in [6, 6.07) is 16.5. The van der Waals surface area contributed by atoms with Gasteiger partial charge < -0.3 is 15.7 Å². The number of anilines is 2. The molecular weight excluding hydrogens is 512 g/mol. The molecule has 0 bridgehead atoms. The molecule has 3 heterocycles. The average Bonchev–Trinajstić information content (AvgIpc) is 3.55. The number of aliphatic carboxylic acids is 1. The Balaban J connectivity index is 1.22. The number of carboxylic acid groups (broad SMARTS) is 1. The van der Waals surface area contributed by atoms with E-state index in [4.69, 9.17) is 0 Å².